The molecule has 1 unspecified atom stereocenters. The molecular weight excluding hydrogens is 280 g/mol. The molecule has 0 N–H and O–H groups in total. The number of likely N-dealkylation sites (tertiary alicyclic amines) is 1. The van der Waals surface area contributed by atoms with E-state index in [1.54, 1.807) is 29.8 Å². The Kier molecular flexibility index (Phi) is 3.53. The lowest BCUT2D eigenvalue weighted by atomic mass is 10.1. The maximum Gasteiger partial charge on any atom is 0.257 e. The third kappa shape index (κ3) is 2.38. The number of nitrogens with zero attached hydrogens (tertiary/aromatic N) is 2. The van der Waals surface area contributed by atoms with Gasteiger partial charge in [-0.15, -0.1) is 11.3 Å². The minimum atomic E-state index is -0.0194. The maximum atomic E-state index is 12.6. The number of pyridine rings is 1. The summed E-state index contributed by atoms with van der Waals surface area (Å²) in [7, 11) is 0. The van der Waals surface area contributed by atoms with Crippen LogP contribution in [-0.2, 0) is 0 Å². The summed E-state index contributed by atoms with van der Waals surface area (Å²) in [4.78, 5) is 19.7. The molecule has 3 nitrogen and oxygen atoms in total. The molecule has 98 valence electrons. The molecule has 2 aromatic rings. The first-order valence-electron chi connectivity index (χ1n) is 6.21. The second-order valence-corrected chi connectivity index (χ2v) is 5.91. The van der Waals surface area contributed by atoms with E-state index in [1.165, 1.54) is 4.88 Å². The van der Waals surface area contributed by atoms with E-state index >= 15 is 0 Å². The first-order chi connectivity index (χ1) is 9.27. The molecule has 1 aliphatic heterocycles. The Bertz CT molecular complexity index is 585. The molecule has 0 bridgehead atoms. The fourth-order valence-electron chi connectivity index (χ4n) is 2.48. The van der Waals surface area contributed by atoms with Crippen molar-refractivity contribution in [1.82, 2.24) is 9.88 Å². The van der Waals surface area contributed by atoms with Gasteiger partial charge in [0.15, 0.2) is 0 Å². The Morgan fingerprint density at radius 1 is 1.47 bits per heavy atom. The van der Waals surface area contributed by atoms with Gasteiger partial charge in [-0.05, 0) is 30.4 Å². The number of hydrogen-bond acceptors (Lipinski definition) is 3. The van der Waals surface area contributed by atoms with Crippen molar-refractivity contribution >= 4 is 28.8 Å². The summed E-state index contributed by atoms with van der Waals surface area (Å²) in [5.41, 5.74) is 0.493. The van der Waals surface area contributed by atoms with Crippen LogP contribution in [0.25, 0.3) is 0 Å². The molecule has 1 fully saturated rings. The average Bonchev–Trinajstić information content (AvgIpc) is 3.09. The number of aromatic nitrogens is 1. The van der Waals surface area contributed by atoms with E-state index in [-0.39, 0.29) is 11.9 Å². The third-order valence-corrected chi connectivity index (χ3v) is 4.69. The molecule has 0 aliphatic carbocycles. The summed E-state index contributed by atoms with van der Waals surface area (Å²) < 4.78 is 0. The number of thiophene rings is 1. The quantitative estimate of drug-likeness (QED) is 0.844. The Morgan fingerprint density at radius 3 is 3.11 bits per heavy atom. The molecule has 0 aromatic carbocycles. The number of carbonyl (C=O) groups is 1. The van der Waals surface area contributed by atoms with Crippen molar-refractivity contribution in [2.75, 3.05) is 6.54 Å². The van der Waals surface area contributed by atoms with E-state index < -0.39 is 0 Å². The second-order valence-electron chi connectivity index (χ2n) is 4.53. The zero-order valence-corrected chi connectivity index (χ0v) is 11.8. The van der Waals surface area contributed by atoms with Crippen LogP contribution in [0, 0.1) is 0 Å². The van der Waals surface area contributed by atoms with E-state index in [9.17, 15) is 4.79 Å². The summed E-state index contributed by atoms with van der Waals surface area (Å²) >= 11 is 7.78. The van der Waals surface area contributed by atoms with E-state index in [2.05, 4.69) is 11.1 Å². The molecule has 1 amide bonds. The normalized spacial score (nSPS) is 18.8. The van der Waals surface area contributed by atoms with Gasteiger partial charge in [-0.25, -0.2) is 0 Å². The van der Waals surface area contributed by atoms with Gasteiger partial charge in [-0.2, -0.15) is 0 Å². The van der Waals surface area contributed by atoms with Crippen LogP contribution < -0.4 is 0 Å². The first kappa shape index (κ1) is 12.6. The highest BCUT2D eigenvalue weighted by Gasteiger charge is 2.31. The molecule has 5 heteroatoms. The molecule has 2 aromatic heterocycles. The smallest absolute Gasteiger partial charge is 0.257 e. The van der Waals surface area contributed by atoms with E-state index in [0.29, 0.717) is 10.6 Å². The number of carbonyl (C=O) groups excluding carboxylic acids is 1. The Morgan fingerprint density at radius 2 is 2.37 bits per heavy atom. The van der Waals surface area contributed by atoms with Crippen molar-refractivity contribution in [1.29, 1.82) is 0 Å². The topological polar surface area (TPSA) is 33.2 Å². The summed E-state index contributed by atoms with van der Waals surface area (Å²) in [6.07, 6.45) is 5.20. The number of hydrogen-bond donors (Lipinski definition) is 0. The molecule has 1 atom stereocenters. The zero-order valence-electron chi connectivity index (χ0n) is 10.3. The van der Waals surface area contributed by atoms with Crippen molar-refractivity contribution in [2.24, 2.45) is 0 Å². The van der Waals surface area contributed by atoms with Gasteiger partial charge in [0.05, 0.1) is 16.6 Å². The molecule has 0 radical (unpaired) electrons. The first-order valence-corrected chi connectivity index (χ1v) is 7.47. The predicted molar refractivity (Wildman–Crippen MR) is 76.6 cm³/mol. The predicted octanol–water partition coefficient (Wildman–Crippen LogP) is 3.77. The summed E-state index contributed by atoms with van der Waals surface area (Å²) in [6.45, 7) is 0.784. The van der Waals surface area contributed by atoms with Gasteiger partial charge >= 0.3 is 0 Å². The van der Waals surface area contributed by atoms with Gasteiger partial charge in [0, 0.05) is 23.8 Å². The minimum Gasteiger partial charge on any atom is -0.331 e. The van der Waals surface area contributed by atoms with Crippen LogP contribution in [-0.4, -0.2) is 22.3 Å². The lowest BCUT2D eigenvalue weighted by molar-refractivity contribution is 0.0737. The SMILES string of the molecule is O=C(c1cnccc1Cl)N1CCCC1c1cccs1. The van der Waals surface area contributed by atoms with Gasteiger partial charge < -0.3 is 4.90 Å². The van der Waals surface area contributed by atoms with Crippen molar-refractivity contribution in [2.45, 2.75) is 18.9 Å². The number of rotatable bonds is 2. The van der Waals surface area contributed by atoms with Crippen LogP contribution in [0.15, 0.2) is 36.0 Å². The number of amides is 1. The standard InChI is InChI=1S/C14H13ClN2OS/c15-11-5-6-16-9-10(11)14(18)17-7-1-3-12(17)13-4-2-8-19-13/h2,4-6,8-9,12H,1,3,7H2. The molecule has 3 rings (SSSR count). The van der Waals surface area contributed by atoms with Crippen molar-refractivity contribution in [3.8, 4) is 0 Å². The maximum absolute atomic E-state index is 12.6. The fourth-order valence-corrected chi connectivity index (χ4v) is 3.54. The van der Waals surface area contributed by atoms with Crippen molar-refractivity contribution in [3.63, 3.8) is 0 Å². The lowest BCUT2D eigenvalue weighted by Gasteiger charge is -2.24. The lowest BCUT2D eigenvalue weighted by Crippen LogP contribution is -2.30. The van der Waals surface area contributed by atoms with Crippen LogP contribution in [0.3, 0.4) is 0 Å². The Balaban J connectivity index is 1.89. The van der Waals surface area contributed by atoms with Gasteiger partial charge in [0.1, 0.15) is 0 Å². The molecule has 3 heterocycles. The average molecular weight is 293 g/mol. The third-order valence-electron chi connectivity index (χ3n) is 3.38. The van der Waals surface area contributed by atoms with Crippen molar-refractivity contribution in [3.05, 3.63) is 51.4 Å². The Hall–Kier alpha value is -1.39. The van der Waals surface area contributed by atoms with Crippen molar-refractivity contribution < 1.29 is 4.79 Å². The van der Waals surface area contributed by atoms with E-state index in [4.69, 9.17) is 11.6 Å². The molecule has 1 aliphatic rings. The van der Waals surface area contributed by atoms with Crippen LogP contribution in [0.1, 0.15) is 34.1 Å². The summed E-state index contributed by atoms with van der Waals surface area (Å²) in [5, 5.41) is 2.52. The summed E-state index contributed by atoms with van der Waals surface area (Å²) in [6, 6.07) is 5.96. The van der Waals surface area contributed by atoms with Gasteiger partial charge in [0.2, 0.25) is 0 Å². The van der Waals surface area contributed by atoms with Crippen LogP contribution in [0.4, 0.5) is 0 Å². The zero-order chi connectivity index (χ0) is 13.2. The minimum absolute atomic E-state index is 0.0194. The fraction of sp³-hybridized carbons (Fsp3) is 0.286. The molecule has 0 saturated carbocycles. The van der Waals surface area contributed by atoms with E-state index in [1.807, 2.05) is 16.3 Å². The van der Waals surface area contributed by atoms with Gasteiger partial charge in [-0.1, -0.05) is 17.7 Å². The van der Waals surface area contributed by atoms with Crippen LogP contribution in [0.5, 0.6) is 0 Å². The summed E-state index contributed by atoms with van der Waals surface area (Å²) in [5.74, 6) is -0.0194. The van der Waals surface area contributed by atoms with Crippen LogP contribution in [0.2, 0.25) is 5.02 Å². The second kappa shape index (κ2) is 5.31. The molecule has 19 heavy (non-hydrogen) atoms. The molecule has 0 spiro atoms. The van der Waals surface area contributed by atoms with Gasteiger partial charge in [0.25, 0.3) is 5.91 Å². The largest absolute Gasteiger partial charge is 0.331 e. The monoisotopic (exact) mass is 292 g/mol. The van der Waals surface area contributed by atoms with E-state index in [0.717, 1.165) is 19.4 Å². The highest BCUT2D eigenvalue weighted by molar-refractivity contribution is 7.10. The molecular formula is C14H13ClN2OS. The Labute approximate surface area is 120 Å². The highest BCUT2D eigenvalue weighted by atomic mass is 35.5. The van der Waals surface area contributed by atoms with Crippen LogP contribution >= 0.6 is 22.9 Å². The number of halogens is 1. The van der Waals surface area contributed by atoms with Gasteiger partial charge in [-0.3, -0.25) is 9.78 Å². The highest BCUT2D eigenvalue weighted by Crippen LogP contribution is 2.35. The molecule has 1 saturated heterocycles.